The average Bonchev–Trinajstić information content (AvgIpc) is 2.99. The summed E-state index contributed by atoms with van der Waals surface area (Å²) < 4.78 is 6.87. The molecule has 2 aromatic heterocycles. The van der Waals surface area contributed by atoms with E-state index in [4.69, 9.17) is 20.4 Å². The number of anilines is 1. The van der Waals surface area contributed by atoms with Gasteiger partial charge in [0.25, 0.3) is 5.91 Å². The van der Waals surface area contributed by atoms with Crippen molar-refractivity contribution in [3.05, 3.63) is 59.2 Å². The van der Waals surface area contributed by atoms with Crippen LogP contribution >= 0.6 is 0 Å². The van der Waals surface area contributed by atoms with E-state index in [-0.39, 0.29) is 5.91 Å². The molecule has 0 saturated heterocycles. The first kappa shape index (κ1) is 19.8. The van der Waals surface area contributed by atoms with Gasteiger partial charge in [-0.3, -0.25) is 9.36 Å². The van der Waals surface area contributed by atoms with Gasteiger partial charge in [0.1, 0.15) is 16.9 Å². The zero-order chi connectivity index (χ0) is 21.3. The molecule has 0 spiro atoms. The van der Waals surface area contributed by atoms with Crippen LogP contribution in [0.1, 0.15) is 27.9 Å². The van der Waals surface area contributed by atoms with Gasteiger partial charge in [0.05, 0.1) is 11.0 Å². The lowest BCUT2D eigenvalue weighted by atomic mass is 10.1. The molecule has 0 aliphatic rings. The molecule has 1 amide bonds. The van der Waals surface area contributed by atoms with E-state index in [1.54, 1.807) is 7.11 Å². The number of fused-ring (bicyclic) bond motifs is 2. The van der Waals surface area contributed by atoms with E-state index in [1.807, 2.05) is 54.8 Å². The maximum atomic E-state index is 13.0. The van der Waals surface area contributed by atoms with Crippen molar-refractivity contribution in [3.8, 4) is 5.69 Å². The molecule has 4 aromatic rings. The number of aromatic nitrogens is 3. The Balaban J connectivity index is 1.93. The van der Waals surface area contributed by atoms with Gasteiger partial charge in [-0.15, -0.1) is 0 Å². The summed E-state index contributed by atoms with van der Waals surface area (Å²) in [6.07, 6.45) is 0.715. The highest BCUT2D eigenvalue weighted by Gasteiger charge is 2.24. The summed E-state index contributed by atoms with van der Waals surface area (Å²) in [4.78, 5) is 22.6. The number of rotatable bonds is 6. The van der Waals surface area contributed by atoms with Crippen molar-refractivity contribution in [2.75, 3.05) is 26.0 Å². The van der Waals surface area contributed by atoms with Gasteiger partial charge < -0.3 is 15.8 Å². The molecule has 0 bridgehead atoms. The molecule has 30 heavy (non-hydrogen) atoms. The Morgan fingerprint density at radius 1 is 1.10 bits per heavy atom. The highest BCUT2D eigenvalue weighted by Crippen LogP contribution is 2.31. The fourth-order valence-electron chi connectivity index (χ4n) is 3.73. The standard InChI is InChI=1S/C23H25N5O2/c1-14-11-15(2)13-16(12-14)28-21(24)19(23(29)25-9-6-10-30-3)20-22(28)27-18-8-5-4-7-17(18)26-20/h4-5,7-8,11-13H,6,9-10,24H2,1-3H3,(H,25,29). The molecule has 2 aromatic carbocycles. The van der Waals surface area contributed by atoms with Crippen molar-refractivity contribution >= 4 is 33.9 Å². The molecule has 4 rings (SSSR count). The number of methoxy groups -OCH3 is 1. The number of carbonyl (C=O) groups is 1. The molecular weight excluding hydrogens is 378 g/mol. The number of benzene rings is 2. The van der Waals surface area contributed by atoms with Crippen LogP contribution in [0.15, 0.2) is 42.5 Å². The van der Waals surface area contributed by atoms with Gasteiger partial charge in [-0.25, -0.2) is 9.97 Å². The molecule has 0 fully saturated rings. The first-order chi connectivity index (χ1) is 14.5. The summed E-state index contributed by atoms with van der Waals surface area (Å²) in [7, 11) is 1.64. The highest BCUT2D eigenvalue weighted by molar-refractivity contribution is 6.11. The largest absolute Gasteiger partial charge is 0.385 e. The Morgan fingerprint density at radius 3 is 2.43 bits per heavy atom. The third kappa shape index (κ3) is 3.59. The molecule has 0 saturated carbocycles. The van der Waals surface area contributed by atoms with Gasteiger partial charge in [-0.05, 0) is 55.7 Å². The van der Waals surface area contributed by atoms with E-state index in [0.29, 0.717) is 42.1 Å². The smallest absolute Gasteiger partial charge is 0.257 e. The monoisotopic (exact) mass is 403 g/mol. The second-order valence-electron chi connectivity index (χ2n) is 7.43. The number of amides is 1. The summed E-state index contributed by atoms with van der Waals surface area (Å²) in [5, 5.41) is 2.92. The summed E-state index contributed by atoms with van der Waals surface area (Å²) in [5.74, 6) is 0.0656. The molecule has 0 atom stereocenters. The lowest BCUT2D eigenvalue weighted by Crippen LogP contribution is -2.26. The number of hydrogen-bond donors (Lipinski definition) is 2. The first-order valence-electron chi connectivity index (χ1n) is 9.92. The van der Waals surface area contributed by atoms with Gasteiger partial charge >= 0.3 is 0 Å². The molecule has 0 radical (unpaired) electrons. The van der Waals surface area contributed by atoms with Crippen molar-refractivity contribution in [1.29, 1.82) is 0 Å². The zero-order valence-electron chi connectivity index (χ0n) is 17.4. The number of para-hydroxylation sites is 2. The van der Waals surface area contributed by atoms with Gasteiger partial charge in [0.15, 0.2) is 5.65 Å². The summed E-state index contributed by atoms with van der Waals surface area (Å²) in [5.41, 5.74) is 12.5. The van der Waals surface area contributed by atoms with E-state index in [0.717, 1.165) is 27.8 Å². The van der Waals surface area contributed by atoms with Crippen LogP contribution in [0.3, 0.4) is 0 Å². The van der Waals surface area contributed by atoms with Gasteiger partial charge in [-0.1, -0.05) is 18.2 Å². The normalized spacial score (nSPS) is 11.3. The van der Waals surface area contributed by atoms with Crippen molar-refractivity contribution in [1.82, 2.24) is 19.9 Å². The lowest BCUT2D eigenvalue weighted by molar-refractivity contribution is 0.0951. The molecule has 2 heterocycles. The summed E-state index contributed by atoms with van der Waals surface area (Å²) >= 11 is 0. The van der Waals surface area contributed by atoms with Crippen LogP contribution in [0.25, 0.3) is 27.9 Å². The summed E-state index contributed by atoms with van der Waals surface area (Å²) in [6, 6.07) is 13.8. The fraction of sp³-hybridized carbons (Fsp3) is 0.261. The van der Waals surface area contributed by atoms with Gasteiger partial charge in [0.2, 0.25) is 0 Å². The van der Waals surface area contributed by atoms with E-state index in [2.05, 4.69) is 11.4 Å². The van der Waals surface area contributed by atoms with Crippen LogP contribution < -0.4 is 11.1 Å². The molecule has 7 heteroatoms. The minimum Gasteiger partial charge on any atom is -0.385 e. The number of hydrogen-bond acceptors (Lipinski definition) is 5. The number of carbonyl (C=O) groups excluding carboxylic acids is 1. The predicted molar refractivity (Wildman–Crippen MR) is 119 cm³/mol. The maximum Gasteiger partial charge on any atom is 0.257 e. The van der Waals surface area contributed by atoms with E-state index in [9.17, 15) is 4.79 Å². The molecule has 0 aliphatic heterocycles. The third-order valence-corrected chi connectivity index (χ3v) is 5.00. The third-order valence-electron chi connectivity index (χ3n) is 5.00. The lowest BCUT2D eigenvalue weighted by Gasteiger charge is -2.10. The first-order valence-corrected chi connectivity index (χ1v) is 9.92. The number of nitrogens with two attached hydrogens (primary N) is 1. The SMILES string of the molecule is COCCCNC(=O)c1c(N)n(-c2cc(C)cc(C)c2)c2nc3ccccc3nc12. The Kier molecular flexibility index (Phi) is 5.37. The van der Waals surface area contributed by atoms with Crippen molar-refractivity contribution in [2.45, 2.75) is 20.3 Å². The van der Waals surface area contributed by atoms with E-state index < -0.39 is 0 Å². The maximum absolute atomic E-state index is 13.0. The molecule has 0 unspecified atom stereocenters. The van der Waals surface area contributed by atoms with Crippen LogP contribution in [0.4, 0.5) is 5.82 Å². The topological polar surface area (TPSA) is 95.1 Å². The van der Waals surface area contributed by atoms with Crippen LogP contribution in [0.2, 0.25) is 0 Å². The van der Waals surface area contributed by atoms with Crippen LogP contribution in [0, 0.1) is 13.8 Å². The van der Waals surface area contributed by atoms with Gasteiger partial charge in [0, 0.05) is 25.9 Å². The van der Waals surface area contributed by atoms with Crippen LogP contribution in [-0.4, -0.2) is 40.7 Å². The van der Waals surface area contributed by atoms with Crippen molar-refractivity contribution in [3.63, 3.8) is 0 Å². The minimum absolute atomic E-state index is 0.263. The molecule has 0 aliphatic carbocycles. The van der Waals surface area contributed by atoms with Crippen LogP contribution in [0.5, 0.6) is 0 Å². The van der Waals surface area contributed by atoms with E-state index in [1.165, 1.54) is 0 Å². The molecule has 3 N–H and O–H groups in total. The second-order valence-corrected chi connectivity index (χ2v) is 7.43. The van der Waals surface area contributed by atoms with Gasteiger partial charge in [-0.2, -0.15) is 0 Å². The Bertz CT molecular complexity index is 1230. The number of ether oxygens (including phenoxy) is 1. The Morgan fingerprint density at radius 2 is 1.77 bits per heavy atom. The van der Waals surface area contributed by atoms with Crippen molar-refractivity contribution in [2.24, 2.45) is 0 Å². The number of nitrogens with zero attached hydrogens (tertiary/aromatic N) is 3. The van der Waals surface area contributed by atoms with Crippen molar-refractivity contribution < 1.29 is 9.53 Å². The Labute approximate surface area is 174 Å². The second kappa shape index (κ2) is 8.12. The Hall–Kier alpha value is -3.45. The fourth-order valence-corrected chi connectivity index (χ4v) is 3.73. The molecule has 154 valence electrons. The molecule has 7 nitrogen and oxygen atoms in total. The number of nitrogen functional groups attached to an aromatic ring is 1. The number of nitrogens with one attached hydrogen (secondary N) is 1. The minimum atomic E-state index is -0.263. The number of aryl methyl sites for hydroxylation is 2. The average molecular weight is 403 g/mol. The quantitative estimate of drug-likeness (QED) is 0.480. The van der Waals surface area contributed by atoms with E-state index >= 15 is 0 Å². The summed E-state index contributed by atoms with van der Waals surface area (Å²) in [6.45, 7) is 5.12. The highest BCUT2D eigenvalue weighted by atomic mass is 16.5. The molecular formula is C23H25N5O2. The zero-order valence-corrected chi connectivity index (χ0v) is 17.4. The van der Waals surface area contributed by atoms with Crippen LogP contribution in [-0.2, 0) is 4.74 Å². The predicted octanol–water partition coefficient (Wildman–Crippen LogP) is 3.54.